The predicted octanol–water partition coefficient (Wildman–Crippen LogP) is 0.185. The lowest BCUT2D eigenvalue weighted by Gasteiger charge is -2.32. The van der Waals surface area contributed by atoms with Gasteiger partial charge in [0.05, 0.1) is 0 Å². The summed E-state index contributed by atoms with van der Waals surface area (Å²) in [6, 6.07) is 8.29. The highest BCUT2D eigenvalue weighted by Gasteiger charge is 2.31. The molecule has 5 heteroatoms. The van der Waals surface area contributed by atoms with E-state index in [1.807, 2.05) is 25.1 Å². The normalized spacial score (nSPS) is 18.2. The largest absolute Gasteiger partial charge is 0.368 e. The molecule has 1 saturated heterocycles. The predicted molar refractivity (Wildman–Crippen MR) is 72.0 cm³/mol. The first kappa shape index (κ1) is 13.5. The molecule has 0 spiro atoms. The number of hydrogen-bond acceptors (Lipinski definition) is 3. The molecular formula is C14H19N3O2. The molecule has 1 aromatic rings. The fraction of sp³-hybridized carbons (Fsp3) is 0.429. The monoisotopic (exact) mass is 261 g/mol. The van der Waals surface area contributed by atoms with E-state index in [1.165, 1.54) is 0 Å². The first-order valence-corrected chi connectivity index (χ1v) is 6.45. The minimum Gasteiger partial charge on any atom is -0.368 e. The van der Waals surface area contributed by atoms with Crippen LogP contribution in [0.3, 0.4) is 0 Å². The highest BCUT2D eigenvalue weighted by Crippen LogP contribution is 2.18. The molecule has 102 valence electrons. The van der Waals surface area contributed by atoms with Crippen molar-refractivity contribution in [3.63, 3.8) is 0 Å². The van der Waals surface area contributed by atoms with Gasteiger partial charge in [-0.25, -0.2) is 0 Å². The SMILES string of the molecule is CC(C(=O)NC(C(N)=O)c1ccccc1)C1CNC1. The fourth-order valence-electron chi connectivity index (χ4n) is 2.12. The number of nitrogens with one attached hydrogen (secondary N) is 2. The van der Waals surface area contributed by atoms with Gasteiger partial charge in [-0.2, -0.15) is 0 Å². The Hall–Kier alpha value is -1.88. The van der Waals surface area contributed by atoms with E-state index in [2.05, 4.69) is 10.6 Å². The zero-order valence-electron chi connectivity index (χ0n) is 10.9. The summed E-state index contributed by atoms with van der Waals surface area (Å²) >= 11 is 0. The van der Waals surface area contributed by atoms with E-state index < -0.39 is 11.9 Å². The van der Waals surface area contributed by atoms with Crippen LogP contribution < -0.4 is 16.4 Å². The van der Waals surface area contributed by atoms with Gasteiger partial charge in [0.15, 0.2) is 0 Å². The van der Waals surface area contributed by atoms with Crippen LogP contribution in [0.5, 0.6) is 0 Å². The maximum Gasteiger partial charge on any atom is 0.244 e. The summed E-state index contributed by atoms with van der Waals surface area (Å²) in [6.45, 7) is 3.58. The molecule has 2 rings (SSSR count). The molecule has 0 aromatic heterocycles. The molecule has 0 saturated carbocycles. The topological polar surface area (TPSA) is 84.2 Å². The number of nitrogens with two attached hydrogens (primary N) is 1. The fourth-order valence-corrected chi connectivity index (χ4v) is 2.12. The molecule has 19 heavy (non-hydrogen) atoms. The summed E-state index contributed by atoms with van der Waals surface area (Å²) in [5.74, 6) is -0.450. The van der Waals surface area contributed by atoms with Gasteiger partial charge in [-0.15, -0.1) is 0 Å². The molecule has 2 amide bonds. The number of primary amides is 1. The Bertz CT molecular complexity index is 457. The van der Waals surface area contributed by atoms with E-state index in [0.29, 0.717) is 11.5 Å². The standard InChI is InChI=1S/C14H19N3O2/c1-9(11-7-16-8-11)14(19)17-12(13(15)18)10-5-3-2-4-6-10/h2-6,9,11-12,16H,7-8H2,1H3,(H2,15,18)(H,17,19). The van der Waals surface area contributed by atoms with Crippen LogP contribution in [0.1, 0.15) is 18.5 Å². The molecule has 1 aliphatic rings. The number of amides is 2. The summed E-state index contributed by atoms with van der Waals surface area (Å²) < 4.78 is 0. The number of rotatable bonds is 5. The molecule has 0 bridgehead atoms. The third-order valence-corrected chi connectivity index (χ3v) is 3.64. The lowest BCUT2D eigenvalue weighted by atomic mass is 9.88. The molecule has 4 N–H and O–H groups in total. The number of hydrogen-bond donors (Lipinski definition) is 3. The first-order chi connectivity index (χ1) is 9.09. The third-order valence-electron chi connectivity index (χ3n) is 3.64. The van der Waals surface area contributed by atoms with Crippen LogP contribution in [-0.4, -0.2) is 24.9 Å². The van der Waals surface area contributed by atoms with Crippen LogP contribution >= 0.6 is 0 Å². The lowest BCUT2D eigenvalue weighted by Crippen LogP contribution is -2.50. The third kappa shape index (κ3) is 3.12. The Morgan fingerprint density at radius 2 is 1.95 bits per heavy atom. The van der Waals surface area contributed by atoms with Crippen molar-refractivity contribution in [2.45, 2.75) is 13.0 Å². The quantitative estimate of drug-likeness (QED) is 0.707. The number of benzene rings is 1. The Balaban J connectivity index is 2.04. The summed E-state index contributed by atoms with van der Waals surface area (Å²) in [6.07, 6.45) is 0. The molecular weight excluding hydrogens is 242 g/mol. The second kappa shape index (κ2) is 5.84. The number of carbonyl (C=O) groups excluding carboxylic acids is 2. The van der Waals surface area contributed by atoms with Crippen molar-refractivity contribution >= 4 is 11.8 Å². The van der Waals surface area contributed by atoms with E-state index in [4.69, 9.17) is 5.73 Å². The summed E-state index contributed by atoms with van der Waals surface area (Å²) in [4.78, 5) is 23.6. The zero-order chi connectivity index (χ0) is 13.8. The van der Waals surface area contributed by atoms with E-state index in [0.717, 1.165) is 13.1 Å². The van der Waals surface area contributed by atoms with Gasteiger partial charge in [-0.1, -0.05) is 37.3 Å². The smallest absolute Gasteiger partial charge is 0.244 e. The van der Waals surface area contributed by atoms with Gasteiger partial charge >= 0.3 is 0 Å². The van der Waals surface area contributed by atoms with Gasteiger partial charge in [0.25, 0.3) is 0 Å². The summed E-state index contributed by atoms with van der Waals surface area (Å²) in [5, 5.41) is 5.87. The van der Waals surface area contributed by atoms with Crippen LogP contribution in [0, 0.1) is 11.8 Å². The molecule has 2 atom stereocenters. The lowest BCUT2D eigenvalue weighted by molar-refractivity contribution is -0.131. The molecule has 1 aromatic carbocycles. The number of carbonyl (C=O) groups is 2. The van der Waals surface area contributed by atoms with Crippen LogP contribution in [0.15, 0.2) is 30.3 Å². The Labute approximate surface area is 112 Å². The van der Waals surface area contributed by atoms with Crippen LogP contribution in [0.2, 0.25) is 0 Å². The van der Waals surface area contributed by atoms with Crippen molar-refractivity contribution in [3.8, 4) is 0 Å². The second-order valence-electron chi connectivity index (χ2n) is 4.96. The van der Waals surface area contributed by atoms with Crippen molar-refractivity contribution in [2.75, 3.05) is 13.1 Å². The van der Waals surface area contributed by atoms with Crippen molar-refractivity contribution in [1.82, 2.24) is 10.6 Å². The van der Waals surface area contributed by atoms with Gasteiger partial charge in [0, 0.05) is 5.92 Å². The van der Waals surface area contributed by atoms with Crippen molar-refractivity contribution in [2.24, 2.45) is 17.6 Å². The Kier molecular flexibility index (Phi) is 4.16. The Morgan fingerprint density at radius 3 is 2.42 bits per heavy atom. The second-order valence-corrected chi connectivity index (χ2v) is 4.96. The zero-order valence-corrected chi connectivity index (χ0v) is 10.9. The molecule has 1 fully saturated rings. The van der Waals surface area contributed by atoms with Crippen molar-refractivity contribution < 1.29 is 9.59 Å². The maximum absolute atomic E-state index is 12.1. The van der Waals surface area contributed by atoms with Crippen LogP contribution in [0.4, 0.5) is 0 Å². The minimum atomic E-state index is -0.760. The van der Waals surface area contributed by atoms with Gasteiger partial charge < -0.3 is 16.4 Å². The van der Waals surface area contributed by atoms with Gasteiger partial charge in [-0.3, -0.25) is 9.59 Å². The molecule has 2 unspecified atom stereocenters. The molecule has 5 nitrogen and oxygen atoms in total. The van der Waals surface area contributed by atoms with E-state index in [-0.39, 0.29) is 11.8 Å². The van der Waals surface area contributed by atoms with Crippen molar-refractivity contribution in [1.29, 1.82) is 0 Å². The molecule has 1 aliphatic heterocycles. The van der Waals surface area contributed by atoms with Gasteiger partial charge in [0.1, 0.15) is 6.04 Å². The van der Waals surface area contributed by atoms with E-state index in [1.54, 1.807) is 12.1 Å². The maximum atomic E-state index is 12.1. The van der Waals surface area contributed by atoms with E-state index in [9.17, 15) is 9.59 Å². The average molecular weight is 261 g/mol. The highest BCUT2D eigenvalue weighted by molar-refractivity contribution is 5.88. The first-order valence-electron chi connectivity index (χ1n) is 6.45. The average Bonchev–Trinajstić information content (AvgIpc) is 2.34. The molecule has 0 radical (unpaired) electrons. The summed E-state index contributed by atoms with van der Waals surface area (Å²) in [5.41, 5.74) is 6.08. The summed E-state index contributed by atoms with van der Waals surface area (Å²) in [7, 11) is 0. The van der Waals surface area contributed by atoms with Crippen LogP contribution in [0.25, 0.3) is 0 Å². The Morgan fingerprint density at radius 1 is 1.32 bits per heavy atom. The van der Waals surface area contributed by atoms with Gasteiger partial charge in [-0.05, 0) is 24.6 Å². The molecule has 1 heterocycles. The highest BCUT2D eigenvalue weighted by atomic mass is 16.2. The van der Waals surface area contributed by atoms with Crippen molar-refractivity contribution in [3.05, 3.63) is 35.9 Å². The van der Waals surface area contributed by atoms with Gasteiger partial charge in [0.2, 0.25) is 11.8 Å². The molecule has 0 aliphatic carbocycles. The van der Waals surface area contributed by atoms with Crippen LogP contribution in [-0.2, 0) is 9.59 Å². The minimum absolute atomic E-state index is 0.119. The van der Waals surface area contributed by atoms with E-state index >= 15 is 0 Å².